The average molecular weight is 310 g/mol. The zero-order valence-electron chi connectivity index (χ0n) is 13.5. The molecular formula is C15H29F3N2O. The summed E-state index contributed by atoms with van der Waals surface area (Å²) in [7, 11) is 0. The third kappa shape index (κ3) is 6.98. The van der Waals surface area contributed by atoms with Crippen molar-refractivity contribution < 1.29 is 17.9 Å². The Hall–Kier alpha value is -0.330. The highest BCUT2D eigenvalue weighted by molar-refractivity contribution is 4.88. The molecule has 126 valence electrons. The number of piperazine rings is 1. The molecule has 1 saturated heterocycles. The van der Waals surface area contributed by atoms with Gasteiger partial charge in [-0.05, 0) is 18.3 Å². The van der Waals surface area contributed by atoms with Gasteiger partial charge in [-0.25, -0.2) is 0 Å². The number of rotatable bonds is 7. The fraction of sp³-hybridized carbons (Fsp3) is 1.00. The molecule has 0 aromatic carbocycles. The first-order valence-electron chi connectivity index (χ1n) is 7.82. The molecule has 0 aromatic heterocycles. The van der Waals surface area contributed by atoms with E-state index in [1.165, 1.54) is 0 Å². The van der Waals surface area contributed by atoms with Crippen LogP contribution in [0.3, 0.4) is 0 Å². The van der Waals surface area contributed by atoms with Gasteiger partial charge in [-0.2, -0.15) is 13.2 Å². The van der Waals surface area contributed by atoms with Crippen LogP contribution in [0.2, 0.25) is 0 Å². The minimum atomic E-state index is -4.22. The Kier molecular flexibility index (Phi) is 7.44. The molecular weight excluding hydrogens is 281 g/mol. The van der Waals surface area contributed by atoms with E-state index in [0.29, 0.717) is 30.3 Å². The first-order valence-corrected chi connectivity index (χ1v) is 7.82. The maximum atomic E-state index is 12.0. The molecule has 1 aliphatic rings. The van der Waals surface area contributed by atoms with E-state index in [9.17, 15) is 13.2 Å². The Morgan fingerprint density at radius 2 is 1.86 bits per heavy atom. The molecule has 0 aromatic rings. The van der Waals surface area contributed by atoms with Crippen LogP contribution in [-0.4, -0.2) is 56.0 Å². The minimum Gasteiger partial charge on any atom is -0.372 e. The highest BCUT2D eigenvalue weighted by Crippen LogP contribution is 2.19. The van der Waals surface area contributed by atoms with Crippen molar-refractivity contribution in [2.45, 2.75) is 52.4 Å². The Morgan fingerprint density at radius 3 is 2.38 bits per heavy atom. The summed E-state index contributed by atoms with van der Waals surface area (Å²) in [5.74, 6) is 1.09. The zero-order chi connectivity index (χ0) is 16.0. The molecule has 0 saturated carbocycles. The van der Waals surface area contributed by atoms with Crippen LogP contribution in [0.15, 0.2) is 0 Å². The molecule has 6 heteroatoms. The Balaban J connectivity index is 2.37. The number of nitrogens with zero attached hydrogens (tertiary/aromatic N) is 1. The molecule has 2 unspecified atom stereocenters. The minimum absolute atomic E-state index is 0.167. The summed E-state index contributed by atoms with van der Waals surface area (Å²) in [6.07, 6.45) is -3.58. The van der Waals surface area contributed by atoms with Crippen molar-refractivity contribution in [3.8, 4) is 0 Å². The molecule has 1 fully saturated rings. The average Bonchev–Trinajstić information content (AvgIpc) is 2.36. The van der Waals surface area contributed by atoms with Crippen molar-refractivity contribution in [1.29, 1.82) is 0 Å². The van der Waals surface area contributed by atoms with Crippen LogP contribution in [0, 0.1) is 11.8 Å². The molecule has 3 nitrogen and oxygen atoms in total. The quantitative estimate of drug-likeness (QED) is 0.732. The lowest BCUT2D eigenvalue weighted by Gasteiger charge is -2.43. The second-order valence-electron chi connectivity index (χ2n) is 6.59. The number of alkyl halides is 3. The maximum absolute atomic E-state index is 12.0. The molecule has 0 bridgehead atoms. The van der Waals surface area contributed by atoms with E-state index < -0.39 is 12.8 Å². The van der Waals surface area contributed by atoms with Gasteiger partial charge in [0.1, 0.15) is 6.61 Å². The van der Waals surface area contributed by atoms with Crippen molar-refractivity contribution in [3.63, 3.8) is 0 Å². The Labute approximate surface area is 126 Å². The molecule has 1 aliphatic heterocycles. The maximum Gasteiger partial charge on any atom is 0.411 e. The molecule has 1 rings (SSSR count). The number of nitrogens with one attached hydrogen (secondary N) is 1. The van der Waals surface area contributed by atoms with Crippen molar-refractivity contribution in [2.24, 2.45) is 11.8 Å². The van der Waals surface area contributed by atoms with Crippen molar-refractivity contribution in [2.75, 3.05) is 32.8 Å². The van der Waals surface area contributed by atoms with E-state index >= 15 is 0 Å². The van der Waals surface area contributed by atoms with Gasteiger partial charge in [-0.15, -0.1) is 0 Å². The van der Waals surface area contributed by atoms with Crippen LogP contribution in [0.5, 0.6) is 0 Å². The molecule has 0 amide bonds. The fourth-order valence-corrected chi connectivity index (χ4v) is 2.77. The zero-order valence-corrected chi connectivity index (χ0v) is 13.5. The predicted molar refractivity (Wildman–Crippen MR) is 78.3 cm³/mol. The molecule has 2 atom stereocenters. The van der Waals surface area contributed by atoms with Gasteiger partial charge in [-0.3, -0.25) is 4.90 Å². The number of ether oxygens (including phenoxy) is 1. The summed E-state index contributed by atoms with van der Waals surface area (Å²) in [4.78, 5) is 2.41. The van der Waals surface area contributed by atoms with Crippen molar-refractivity contribution in [1.82, 2.24) is 10.2 Å². The van der Waals surface area contributed by atoms with Gasteiger partial charge in [0, 0.05) is 38.3 Å². The monoisotopic (exact) mass is 310 g/mol. The van der Waals surface area contributed by atoms with Crippen LogP contribution in [0.1, 0.15) is 34.1 Å². The van der Waals surface area contributed by atoms with Gasteiger partial charge < -0.3 is 10.1 Å². The van der Waals surface area contributed by atoms with Crippen molar-refractivity contribution >= 4 is 0 Å². The van der Waals surface area contributed by atoms with Gasteiger partial charge in [0.05, 0.1) is 0 Å². The lowest BCUT2D eigenvalue weighted by molar-refractivity contribution is -0.174. The van der Waals surface area contributed by atoms with Crippen LogP contribution < -0.4 is 5.32 Å². The van der Waals surface area contributed by atoms with Gasteiger partial charge in [0.2, 0.25) is 0 Å². The van der Waals surface area contributed by atoms with Gasteiger partial charge >= 0.3 is 6.18 Å². The molecule has 0 aliphatic carbocycles. The number of hydrogen-bond donors (Lipinski definition) is 1. The van der Waals surface area contributed by atoms with Gasteiger partial charge in [0.15, 0.2) is 0 Å². The first kappa shape index (κ1) is 18.7. The summed E-state index contributed by atoms with van der Waals surface area (Å²) in [6, 6.07) is 0.902. The van der Waals surface area contributed by atoms with Gasteiger partial charge in [0.25, 0.3) is 0 Å². The number of halogens is 3. The lowest BCUT2D eigenvalue weighted by atomic mass is 9.94. The second-order valence-corrected chi connectivity index (χ2v) is 6.59. The smallest absolute Gasteiger partial charge is 0.372 e. The molecule has 1 N–H and O–H groups in total. The van der Waals surface area contributed by atoms with E-state index in [1.54, 1.807) is 0 Å². The molecule has 1 heterocycles. The van der Waals surface area contributed by atoms with Crippen LogP contribution in [0.4, 0.5) is 13.2 Å². The Bertz CT molecular complexity index is 295. The van der Waals surface area contributed by atoms with Crippen molar-refractivity contribution in [3.05, 3.63) is 0 Å². The van der Waals surface area contributed by atoms with E-state index in [0.717, 1.165) is 19.6 Å². The third-order valence-electron chi connectivity index (χ3n) is 4.06. The topological polar surface area (TPSA) is 24.5 Å². The SMILES string of the molecule is CC(C)C1CN(CCCOCC(F)(F)F)C(C(C)C)CN1. The predicted octanol–water partition coefficient (Wildman–Crippen LogP) is 2.91. The highest BCUT2D eigenvalue weighted by Gasteiger charge is 2.31. The van der Waals surface area contributed by atoms with Crippen LogP contribution in [-0.2, 0) is 4.74 Å². The molecule has 21 heavy (non-hydrogen) atoms. The normalized spacial score (nSPS) is 25.0. The van der Waals surface area contributed by atoms with Gasteiger partial charge in [-0.1, -0.05) is 27.7 Å². The first-order chi connectivity index (χ1) is 9.70. The number of hydrogen-bond acceptors (Lipinski definition) is 3. The summed E-state index contributed by atoms with van der Waals surface area (Å²) >= 11 is 0. The summed E-state index contributed by atoms with van der Waals surface area (Å²) in [6.45, 7) is 10.5. The summed E-state index contributed by atoms with van der Waals surface area (Å²) < 4.78 is 40.7. The molecule has 0 radical (unpaired) electrons. The standard InChI is InChI=1S/C15H29F3N2O/c1-11(2)13-9-20(14(8-19-13)12(3)4)6-5-7-21-10-15(16,17)18/h11-14,19H,5-10H2,1-4H3. The van der Waals surface area contributed by atoms with Crippen LogP contribution >= 0.6 is 0 Å². The van der Waals surface area contributed by atoms with E-state index in [1.807, 2.05) is 0 Å². The van der Waals surface area contributed by atoms with E-state index in [-0.39, 0.29) is 6.61 Å². The fourth-order valence-electron chi connectivity index (χ4n) is 2.77. The largest absolute Gasteiger partial charge is 0.411 e. The lowest BCUT2D eigenvalue weighted by Crippen LogP contribution is -2.59. The van der Waals surface area contributed by atoms with Crippen LogP contribution in [0.25, 0.3) is 0 Å². The summed E-state index contributed by atoms with van der Waals surface area (Å²) in [5.41, 5.74) is 0. The van der Waals surface area contributed by atoms with E-state index in [2.05, 4.69) is 37.9 Å². The second kappa shape index (κ2) is 8.34. The molecule has 0 spiro atoms. The van der Waals surface area contributed by atoms with E-state index in [4.69, 9.17) is 4.74 Å². The third-order valence-corrected chi connectivity index (χ3v) is 4.06. The summed E-state index contributed by atoms with van der Waals surface area (Å²) in [5, 5.41) is 3.58. The Morgan fingerprint density at radius 1 is 1.19 bits per heavy atom. The highest BCUT2D eigenvalue weighted by atomic mass is 19.4.